The van der Waals surface area contributed by atoms with Gasteiger partial charge in [0.1, 0.15) is 0 Å². The molecule has 0 aromatic rings. The first-order valence-electron chi connectivity index (χ1n) is 3.64. The van der Waals surface area contributed by atoms with Gasteiger partial charge < -0.3 is 4.43 Å². The summed E-state index contributed by atoms with van der Waals surface area (Å²) in [6.45, 7) is 3.72. The molecular weight excluding hydrogens is 185 g/mol. The summed E-state index contributed by atoms with van der Waals surface area (Å²) in [5.74, 6) is -1.31. The standard InChI is InChI=1S/C7H13F3OSi/c1-11-12(2,3)5-4-6(8)7(9)10/h4-5H2,1-3H3. The molecule has 0 radical (unpaired) electrons. The van der Waals surface area contributed by atoms with E-state index in [-0.39, 0.29) is 6.42 Å². The third kappa shape index (κ3) is 4.56. The zero-order valence-electron chi connectivity index (χ0n) is 7.46. The van der Waals surface area contributed by atoms with Crippen molar-refractivity contribution in [2.24, 2.45) is 0 Å². The Morgan fingerprint density at radius 3 is 2.08 bits per heavy atom. The predicted molar refractivity (Wildman–Crippen MR) is 44.3 cm³/mol. The summed E-state index contributed by atoms with van der Waals surface area (Å²) in [5.41, 5.74) is 0. The maximum Gasteiger partial charge on any atom is 0.301 e. The Hall–Kier alpha value is -0.293. The molecular formula is C7H13F3OSi. The van der Waals surface area contributed by atoms with Gasteiger partial charge in [-0.2, -0.15) is 8.78 Å². The minimum atomic E-state index is -2.21. The van der Waals surface area contributed by atoms with E-state index in [1.54, 1.807) is 0 Å². The van der Waals surface area contributed by atoms with E-state index in [4.69, 9.17) is 4.43 Å². The number of allylic oxidation sites excluding steroid dienone is 1. The monoisotopic (exact) mass is 198 g/mol. The van der Waals surface area contributed by atoms with Crippen molar-refractivity contribution in [3.63, 3.8) is 0 Å². The first kappa shape index (κ1) is 11.7. The van der Waals surface area contributed by atoms with Crippen molar-refractivity contribution in [3.05, 3.63) is 11.9 Å². The van der Waals surface area contributed by atoms with Crippen LogP contribution in [-0.2, 0) is 4.43 Å². The van der Waals surface area contributed by atoms with Crippen molar-refractivity contribution >= 4 is 8.32 Å². The maximum atomic E-state index is 12.3. The third-order valence-corrected chi connectivity index (χ3v) is 4.26. The van der Waals surface area contributed by atoms with E-state index in [9.17, 15) is 13.2 Å². The topological polar surface area (TPSA) is 9.23 Å². The number of hydrogen-bond donors (Lipinski definition) is 0. The van der Waals surface area contributed by atoms with Gasteiger partial charge in [-0.1, -0.05) is 0 Å². The lowest BCUT2D eigenvalue weighted by atomic mass is 10.4. The molecule has 12 heavy (non-hydrogen) atoms. The number of rotatable bonds is 4. The molecule has 0 aromatic carbocycles. The predicted octanol–water partition coefficient (Wildman–Crippen LogP) is 3.31. The smallest absolute Gasteiger partial charge is 0.301 e. The Bertz CT molecular complexity index is 175. The van der Waals surface area contributed by atoms with E-state index < -0.39 is 20.2 Å². The second-order valence-corrected chi connectivity index (χ2v) is 7.56. The van der Waals surface area contributed by atoms with Gasteiger partial charge in [0.2, 0.25) is 0 Å². The largest absolute Gasteiger partial charge is 0.420 e. The molecule has 0 heterocycles. The average Bonchev–Trinajstić information content (AvgIpc) is 2.00. The van der Waals surface area contributed by atoms with Crippen LogP contribution in [0.5, 0.6) is 0 Å². The lowest BCUT2D eigenvalue weighted by Crippen LogP contribution is -2.27. The molecule has 0 aliphatic carbocycles. The molecule has 0 saturated heterocycles. The Kier molecular flexibility index (Phi) is 4.55. The molecule has 0 bridgehead atoms. The zero-order valence-corrected chi connectivity index (χ0v) is 8.46. The molecule has 0 N–H and O–H groups in total. The highest BCUT2D eigenvalue weighted by atomic mass is 28.4. The molecule has 0 spiro atoms. The van der Waals surface area contributed by atoms with Crippen LogP contribution in [0.15, 0.2) is 11.9 Å². The summed E-state index contributed by atoms with van der Waals surface area (Å²) in [7, 11) is -0.366. The molecule has 0 aromatic heterocycles. The van der Waals surface area contributed by atoms with Gasteiger partial charge in [-0.3, -0.25) is 0 Å². The second kappa shape index (κ2) is 4.66. The van der Waals surface area contributed by atoms with Crippen molar-refractivity contribution in [3.8, 4) is 0 Å². The van der Waals surface area contributed by atoms with E-state index in [1.165, 1.54) is 7.11 Å². The van der Waals surface area contributed by atoms with Gasteiger partial charge in [-0.05, 0) is 19.1 Å². The Balaban J connectivity index is 3.92. The third-order valence-electron chi connectivity index (χ3n) is 1.70. The lowest BCUT2D eigenvalue weighted by Gasteiger charge is -2.18. The zero-order chi connectivity index (χ0) is 9.78. The van der Waals surface area contributed by atoms with Crippen LogP contribution in [0.2, 0.25) is 19.1 Å². The molecule has 72 valence electrons. The molecule has 0 amide bonds. The number of halogens is 3. The average molecular weight is 198 g/mol. The molecule has 0 unspecified atom stereocenters. The van der Waals surface area contributed by atoms with Crippen LogP contribution in [0.25, 0.3) is 0 Å². The SMILES string of the molecule is CO[Si](C)(C)CCC(F)=C(F)F. The fourth-order valence-electron chi connectivity index (χ4n) is 0.607. The van der Waals surface area contributed by atoms with Crippen LogP contribution < -0.4 is 0 Å². The van der Waals surface area contributed by atoms with Gasteiger partial charge in [-0.15, -0.1) is 0 Å². The van der Waals surface area contributed by atoms with E-state index >= 15 is 0 Å². The summed E-state index contributed by atoms with van der Waals surface area (Å²) >= 11 is 0. The van der Waals surface area contributed by atoms with Gasteiger partial charge in [0.25, 0.3) is 0 Å². The summed E-state index contributed by atoms with van der Waals surface area (Å²) in [6, 6.07) is 0.382. The van der Waals surface area contributed by atoms with Crippen molar-refractivity contribution in [2.75, 3.05) is 7.11 Å². The highest BCUT2D eigenvalue weighted by Gasteiger charge is 2.21. The minimum Gasteiger partial charge on any atom is -0.420 e. The Morgan fingerprint density at radius 1 is 1.25 bits per heavy atom. The van der Waals surface area contributed by atoms with Gasteiger partial charge >= 0.3 is 6.08 Å². The highest BCUT2D eigenvalue weighted by Crippen LogP contribution is 2.21. The summed E-state index contributed by atoms with van der Waals surface area (Å²) in [6.07, 6.45) is -2.43. The van der Waals surface area contributed by atoms with Crippen LogP contribution in [0.3, 0.4) is 0 Å². The summed E-state index contributed by atoms with van der Waals surface area (Å²) < 4.78 is 40.5. The first-order chi connectivity index (χ1) is 5.39. The van der Waals surface area contributed by atoms with Crippen molar-refractivity contribution in [1.29, 1.82) is 0 Å². The molecule has 0 aliphatic rings. The molecule has 0 saturated carbocycles. The van der Waals surface area contributed by atoms with E-state index in [1.807, 2.05) is 13.1 Å². The van der Waals surface area contributed by atoms with Crippen molar-refractivity contribution in [2.45, 2.75) is 25.6 Å². The maximum absolute atomic E-state index is 12.3. The van der Waals surface area contributed by atoms with Crippen LogP contribution >= 0.6 is 0 Å². The quantitative estimate of drug-likeness (QED) is 0.630. The Labute approximate surface area is 71.4 Å². The second-order valence-electron chi connectivity index (χ2n) is 3.13. The van der Waals surface area contributed by atoms with Gasteiger partial charge in [0.15, 0.2) is 14.1 Å². The fourth-order valence-corrected chi connectivity index (χ4v) is 1.63. The van der Waals surface area contributed by atoms with Crippen molar-refractivity contribution < 1.29 is 17.6 Å². The van der Waals surface area contributed by atoms with Crippen LogP contribution in [0, 0.1) is 0 Å². The minimum absolute atomic E-state index is 0.213. The molecule has 0 atom stereocenters. The summed E-state index contributed by atoms with van der Waals surface area (Å²) in [4.78, 5) is 0. The molecule has 1 nitrogen and oxygen atoms in total. The normalized spacial score (nSPS) is 11.5. The van der Waals surface area contributed by atoms with Crippen LogP contribution in [0.4, 0.5) is 13.2 Å². The van der Waals surface area contributed by atoms with E-state index in [2.05, 4.69) is 0 Å². The summed E-state index contributed by atoms with van der Waals surface area (Å²) in [5, 5.41) is 0. The Morgan fingerprint density at radius 2 is 1.75 bits per heavy atom. The number of hydrogen-bond acceptors (Lipinski definition) is 1. The molecule has 0 fully saturated rings. The fraction of sp³-hybridized carbons (Fsp3) is 0.714. The van der Waals surface area contributed by atoms with Crippen LogP contribution in [0.1, 0.15) is 6.42 Å². The molecule has 0 aliphatic heterocycles. The van der Waals surface area contributed by atoms with E-state index in [0.29, 0.717) is 6.04 Å². The first-order valence-corrected chi connectivity index (χ1v) is 6.75. The van der Waals surface area contributed by atoms with E-state index in [0.717, 1.165) is 0 Å². The van der Waals surface area contributed by atoms with Crippen molar-refractivity contribution in [1.82, 2.24) is 0 Å². The highest BCUT2D eigenvalue weighted by molar-refractivity contribution is 6.71. The molecule has 5 heteroatoms. The molecule has 0 rings (SSSR count). The van der Waals surface area contributed by atoms with Gasteiger partial charge in [0, 0.05) is 13.5 Å². The van der Waals surface area contributed by atoms with Gasteiger partial charge in [0.05, 0.1) is 0 Å². The van der Waals surface area contributed by atoms with Gasteiger partial charge in [-0.25, -0.2) is 4.39 Å². The van der Waals surface area contributed by atoms with Crippen LogP contribution in [-0.4, -0.2) is 15.4 Å². The lowest BCUT2D eigenvalue weighted by molar-refractivity contribution is 0.367.